The number of rotatable bonds is 4. The summed E-state index contributed by atoms with van der Waals surface area (Å²) < 4.78 is 5.08. The Bertz CT molecular complexity index is 445. The number of carbonyl (C=O) groups excluding carboxylic acids is 1. The summed E-state index contributed by atoms with van der Waals surface area (Å²) in [6.07, 6.45) is 4.23. The first-order valence-electron chi connectivity index (χ1n) is 7.15. The van der Waals surface area contributed by atoms with Crippen molar-refractivity contribution < 1.29 is 9.32 Å². The lowest BCUT2D eigenvalue weighted by molar-refractivity contribution is -0.123. The van der Waals surface area contributed by atoms with Crippen molar-refractivity contribution >= 4 is 5.91 Å². The van der Waals surface area contributed by atoms with Gasteiger partial charge in [-0.25, -0.2) is 0 Å². The maximum absolute atomic E-state index is 11.7. The Hall–Kier alpha value is -1.36. The second-order valence-electron chi connectivity index (χ2n) is 5.76. The SMILES string of the molecule is Cc1cc(CN2CCC(NC(=O)C3CC3)CC2)no1. The molecule has 0 aromatic carbocycles. The second-order valence-corrected chi connectivity index (χ2v) is 5.76. The van der Waals surface area contributed by atoms with E-state index in [0.29, 0.717) is 12.0 Å². The molecule has 0 bridgehead atoms. The third-order valence-corrected chi connectivity index (χ3v) is 3.94. The predicted molar refractivity (Wildman–Crippen MR) is 70.4 cm³/mol. The fourth-order valence-electron chi connectivity index (χ4n) is 2.62. The highest BCUT2D eigenvalue weighted by atomic mass is 16.5. The summed E-state index contributed by atoms with van der Waals surface area (Å²) in [5.41, 5.74) is 0.998. The molecule has 2 aliphatic rings. The van der Waals surface area contributed by atoms with E-state index < -0.39 is 0 Å². The summed E-state index contributed by atoms with van der Waals surface area (Å²) in [5, 5.41) is 7.19. The highest BCUT2D eigenvalue weighted by molar-refractivity contribution is 5.81. The summed E-state index contributed by atoms with van der Waals surface area (Å²) in [7, 11) is 0. The quantitative estimate of drug-likeness (QED) is 0.893. The lowest BCUT2D eigenvalue weighted by Gasteiger charge is -2.31. The van der Waals surface area contributed by atoms with Crippen LogP contribution in [0, 0.1) is 12.8 Å². The fraction of sp³-hybridized carbons (Fsp3) is 0.714. The van der Waals surface area contributed by atoms with E-state index in [9.17, 15) is 4.79 Å². The molecule has 5 nitrogen and oxygen atoms in total. The van der Waals surface area contributed by atoms with Gasteiger partial charge in [0.1, 0.15) is 5.76 Å². The van der Waals surface area contributed by atoms with Gasteiger partial charge in [0.05, 0.1) is 5.69 Å². The van der Waals surface area contributed by atoms with Gasteiger partial charge >= 0.3 is 0 Å². The van der Waals surface area contributed by atoms with Crippen molar-refractivity contribution in [3.63, 3.8) is 0 Å². The van der Waals surface area contributed by atoms with Gasteiger partial charge in [-0.15, -0.1) is 0 Å². The molecule has 1 amide bonds. The Morgan fingerprint density at radius 3 is 2.74 bits per heavy atom. The molecule has 19 heavy (non-hydrogen) atoms. The zero-order valence-corrected chi connectivity index (χ0v) is 11.4. The zero-order chi connectivity index (χ0) is 13.2. The van der Waals surface area contributed by atoms with Gasteiger partial charge in [-0.3, -0.25) is 9.69 Å². The maximum Gasteiger partial charge on any atom is 0.223 e. The summed E-state index contributed by atoms with van der Waals surface area (Å²) >= 11 is 0. The van der Waals surface area contributed by atoms with E-state index in [2.05, 4.69) is 15.4 Å². The molecule has 1 saturated heterocycles. The topological polar surface area (TPSA) is 58.4 Å². The normalized spacial score (nSPS) is 21.5. The van der Waals surface area contributed by atoms with Crippen LogP contribution in [0.25, 0.3) is 0 Å². The first-order chi connectivity index (χ1) is 9.20. The van der Waals surface area contributed by atoms with Gasteiger partial charge in [-0.2, -0.15) is 0 Å². The van der Waals surface area contributed by atoms with Crippen molar-refractivity contribution in [2.45, 2.75) is 45.2 Å². The number of hydrogen-bond donors (Lipinski definition) is 1. The lowest BCUT2D eigenvalue weighted by atomic mass is 10.0. The van der Waals surface area contributed by atoms with Gasteiger partial charge in [0, 0.05) is 37.7 Å². The standard InChI is InChI=1S/C14H21N3O2/c1-10-8-13(16-19-10)9-17-6-4-12(5-7-17)15-14(18)11-2-3-11/h8,11-12H,2-7,9H2,1H3,(H,15,18). The van der Waals surface area contributed by atoms with Crippen LogP contribution in [0.2, 0.25) is 0 Å². The van der Waals surface area contributed by atoms with Gasteiger partial charge in [0.25, 0.3) is 0 Å². The monoisotopic (exact) mass is 263 g/mol. The van der Waals surface area contributed by atoms with Gasteiger partial charge < -0.3 is 9.84 Å². The van der Waals surface area contributed by atoms with E-state index >= 15 is 0 Å². The van der Waals surface area contributed by atoms with Gasteiger partial charge in [0.15, 0.2) is 0 Å². The number of piperidine rings is 1. The van der Waals surface area contributed by atoms with Crippen LogP contribution in [0.4, 0.5) is 0 Å². The maximum atomic E-state index is 11.7. The lowest BCUT2D eigenvalue weighted by Crippen LogP contribution is -2.44. The van der Waals surface area contributed by atoms with Crippen molar-refractivity contribution in [1.29, 1.82) is 0 Å². The second kappa shape index (κ2) is 5.33. The number of likely N-dealkylation sites (tertiary alicyclic amines) is 1. The average molecular weight is 263 g/mol. The minimum atomic E-state index is 0.269. The van der Waals surface area contributed by atoms with Crippen molar-refractivity contribution in [2.24, 2.45) is 5.92 Å². The number of nitrogens with zero attached hydrogens (tertiary/aromatic N) is 2. The minimum Gasteiger partial charge on any atom is -0.361 e. The van der Waals surface area contributed by atoms with Crippen LogP contribution in [0.15, 0.2) is 10.6 Å². The van der Waals surface area contributed by atoms with E-state index in [-0.39, 0.29) is 5.91 Å². The summed E-state index contributed by atoms with van der Waals surface area (Å²) in [4.78, 5) is 14.1. The molecule has 1 aliphatic carbocycles. The Labute approximate surface area is 113 Å². The molecule has 1 aromatic heterocycles. The van der Waals surface area contributed by atoms with E-state index in [1.54, 1.807) is 0 Å². The third kappa shape index (κ3) is 3.35. The van der Waals surface area contributed by atoms with Crippen LogP contribution in [-0.4, -0.2) is 35.1 Å². The van der Waals surface area contributed by atoms with Crippen LogP contribution >= 0.6 is 0 Å². The van der Waals surface area contributed by atoms with Crippen molar-refractivity contribution in [3.8, 4) is 0 Å². The number of aryl methyl sites for hydroxylation is 1. The smallest absolute Gasteiger partial charge is 0.223 e. The Morgan fingerprint density at radius 1 is 1.42 bits per heavy atom. The molecular formula is C14H21N3O2. The van der Waals surface area contributed by atoms with Gasteiger partial charge in [-0.05, 0) is 32.6 Å². The molecule has 104 valence electrons. The van der Waals surface area contributed by atoms with Gasteiger partial charge in [0.2, 0.25) is 5.91 Å². The molecule has 2 heterocycles. The number of nitrogens with one attached hydrogen (secondary N) is 1. The molecule has 0 unspecified atom stereocenters. The van der Waals surface area contributed by atoms with Crippen LogP contribution in [0.3, 0.4) is 0 Å². The van der Waals surface area contributed by atoms with Crippen LogP contribution < -0.4 is 5.32 Å². The molecule has 1 aliphatic heterocycles. The summed E-state index contributed by atoms with van der Waals surface area (Å²) in [6.45, 7) is 4.79. The summed E-state index contributed by atoms with van der Waals surface area (Å²) in [5.74, 6) is 1.45. The zero-order valence-electron chi connectivity index (χ0n) is 11.4. The Balaban J connectivity index is 1.42. The van der Waals surface area contributed by atoms with Gasteiger partial charge in [-0.1, -0.05) is 5.16 Å². The van der Waals surface area contributed by atoms with E-state index in [1.807, 2.05) is 13.0 Å². The van der Waals surface area contributed by atoms with Crippen molar-refractivity contribution in [2.75, 3.05) is 13.1 Å². The molecule has 1 N–H and O–H groups in total. The average Bonchev–Trinajstić information content (AvgIpc) is 3.17. The molecule has 1 aromatic rings. The number of aromatic nitrogens is 1. The molecule has 5 heteroatoms. The number of carbonyl (C=O) groups is 1. The highest BCUT2D eigenvalue weighted by Gasteiger charge is 2.31. The molecule has 3 rings (SSSR count). The van der Waals surface area contributed by atoms with E-state index in [1.165, 1.54) is 0 Å². The van der Waals surface area contributed by atoms with Crippen LogP contribution in [0.1, 0.15) is 37.1 Å². The predicted octanol–water partition coefficient (Wildman–Crippen LogP) is 1.47. The molecule has 0 atom stereocenters. The van der Waals surface area contributed by atoms with Crippen molar-refractivity contribution in [3.05, 3.63) is 17.5 Å². The van der Waals surface area contributed by atoms with E-state index in [4.69, 9.17) is 4.52 Å². The Morgan fingerprint density at radius 2 is 2.16 bits per heavy atom. The third-order valence-electron chi connectivity index (χ3n) is 3.94. The Kier molecular flexibility index (Phi) is 3.55. The molecule has 0 radical (unpaired) electrons. The molecule has 1 saturated carbocycles. The summed E-state index contributed by atoms with van der Waals surface area (Å²) in [6, 6.07) is 2.35. The minimum absolute atomic E-state index is 0.269. The van der Waals surface area contributed by atoms with Crippen molar-refractivity contribution in [1.82, 2.24) is 15.4 Å². The van der Waals surface area contributed by atoms with Crippen LogP contribution in [0.5, 0.6) is 0 Å². The molecular weight excluding hydrogens is 242 g/mol. The van der Waals surface area contributed by atoms with E-state index in [0.717, 1.165) is 56.8 Å². The van der Waals surface area contributed by atoms with Crippen LogP contribution in [-0.2, 0) is 11.3 Å². The highest BCUT2D eigenvalue weighted by Crippen LogP contribution is 2.29. The molecule has 0 spiro atoms. The number of amides is 1. The number of hydrogen-bond acceptors (Lipinski definition) is 4. The largest absolute Gasteiger partial charge is 0.361 e. The molecule has 2 fully saturated rings. The fourth-order valence-corrected chi connectivity index (χ4v) is 2.62. The first kappa shape index (κ1) is 12.7. The first-order valence-corrected chi connectivity index (χ1v) is 7.15.